The van der Waals surface area contributed by atoms with Gasteiger partial charge in [-0.25, -0.2) is 0 Å². The molecule has 2 fully saturated rings. The number of anilines is 1. The van der Waals surface area contributed by atoms with E-state index >= 15 is 0 Å². The first-order valence-electron chi connectivity index (χ1n) is 7.83. The van der Waals surface area contributed by atoms with Crippen LogP contribution in [0.5, 0.6) is 0 Å². The first-order valence-corrected chi connectivity index (χ1v) is 7.83. The molecular formula is C15H22N4O2. The minimum absolute atomic E-state index is 0.163. The van der Waals surface area contributed by atoms with Crippen LogP contribution in [0.1, 0.15) is 32.1 Å². The number of rotatable bonds is 3. The highest BCUT2D eigenvalue weighted by atomic mass is 16.6. The highest BCUT2D eigenvalue weighted by Crippen LogP contribution is 2.29. The first-order chi connectivity index (χ1) is 10.3. The molecule has 1 aromatic rings. The lowest BCUT2D eigenvalue weighted by atomic mass is 9.94. The molecule has 21 heavy (non-hydrogen) atoms. The molecule has 0 bridgehead atoms. The van der Waals surface area contributed by atoms with Gasteiger partial charge < -0.3 is 4.90 Å². The number of pyridine rings is 1. The van der Waals surface area contributed by atoms with Gasteiger partial charge in [0.2, 0.25) is 0 Å². The molecule has 0 N–H and O–H groups in total. The molecule has 2 heterocycles. The molecule has 1 saturated carbocycles. The van der Waals surface area contributed by atoms with Gasteiger partial charge in [-0.1, -0.05) is 19.3 Å². The SMILES string of the molecule is O=[N+]([O-])c1ccncc1N1CCN(C2CCCCC2)CC1. The Balaban J connectivity index is 1.64. The van der Waals surface area contributed by atoms with Crippen LogP contribution in [0.4, 0.5) is 11.4 Å². The van der Waals surface area contributed by atoms with Gasteiger partial charge in [0, 0.05) is 44.5 Å². The third-order valence-corrected chi connectivity index (χ3v) is 4.72. The molecule has 0 radical (unpaired) electrons. The molecule has 1 aromatic heterocycles. The van der Waals surface area contributed by atoms with E-state index in [9.17, 15) is 10.1 Å². The average molecular weight is 290 g/mol. The fourth-order valence-corrected chi connectivity index (χ4v) is 3.55. The van der Waals surface area contributed by atoms with E-state index in [-0.39, 0.29) is 10.6 Å². The fraction of sp³-hybridized carbons (Fsp3) is 0.667. The van der Waals surface area contributed by atoms with Gasteiger partial charge in [-0.15, -0.1) is 0 Å². The predicted molar refractivity (Wildman–Crippen MR) is 81.6 cm³/mol. The molecule has 2 aliphatic rings. The van der Waals surface area contributed by atoms with Crippen molar-refractivity contribution in [2.45, 2.75) is 38.1 Å². The molecule has 1 saturated heterocycles. The fourth-order valence-electron chi connectivity index (χ4n) is 3.55. The largest absolute Gasteiger partial charge is 0.362 e. The molecule has 1 aliphatic carbocycles. The molecule has 6 nitrogen and oxygen atoms in total. The van der Waals surface area contributed by atoms with E-state index in [4.69, 9.17) is 0 Å². The zero-order valence-electron chi connectivity index (χ0n) is 12.3. The third-order valence-electron chi connectivity index (χ3n) is 4.72. The van der Waals surface area contributed by atoms with Crippen LogP contribution in [-0.2, 0) is 0 Å². The lowest BCUT2D eigenvalue weighted by Gasteiger charge is -2.41. The van der Waals surface area contributed by atoms with Gasteiger partial charge in [-0.05, 0) is 12.8 Å². The zero-order valence-corrected chi connectivity index (χ0v) is 12.3. The summed E-state index contributed by atoms with van der Waals surface area (Å²) in [5.41, 5.74) is 0.821. The summed E-state index contributed by atoms with van der Waals surface area (Å²) in [5, 5.41) is 11.1. The maximum atomic E-state index is 11.1. The average Bonchev–Trinajstić information content (AvgIpc) is 2.56. The Morgan fingerprint density at radius 1 is 1.14 bits per heavy atom. The van der Waals surface area contributed by atoms with Crippen molar-refractivity contribution in [2.24, 2.45) is 0 Å². The van der Waals surface area contributed by atoms with Crippen molar-refractivity contribution in [3.8, 4) is 0 Å². The molecule has 0 amide bonds. The van der Waals surface area contributed by atoms with Crippen molar-refractivity contribution in [3.63, 3.8) is 0 Å². The van der Waals surface area contributed by atoms with E-state index in [2.05, 4.69) is 14.8 Å². The van der Waals surface area contributed by atoms with Crippen LogP contribution in [0.2, 0.25) is 0 Å². The Labute approximate surface area is 124 Å². The molecule has 3 rings (SSSR count). The summed E-state index contributed by atoms with van der Waals surface area (Å²) in [4.78, 5) is 19.5. The second-order valence-corrected chi connectivity index (χ2v) is 5.94. The maximum Gasteiger partial charge on any atom is 0.295 e. The number of aromatic nitrogens is 1. The smallest absolute Gasteiger partial charge is 0.295 e. The van der Waals surface area contributed by atoms with Gasteiger partial charge in [-0.3, -0.25) is 20.0 Å². The third kappa shape index (κ3) is 3.15. The summed E-state index contributed by atoms with van der Waals surface area (Å²) in [6, 6.07) is 2.22. The quantitative estimate of drug-likeness (QED) is 0.632. The second kappa shape index (κ2) is 6.39. The first kappa shape index (κ1) is 14.3. The number of nitro groups is 1. The standard InChI is InChI=1S/C15H22N4O2/c20-19(21)14-6-7-16-12-15(14)18-10-8-17(9-11-18)13-4-2-1-3-5-13/h6-7,12-13H,1-5,8-11H2. The highest BCUT2D eigenvalue weighted by molar-refractivity contribution is 5.61. The Morgan fingerprint density at radius 2 is 1.86 bits per heavy atom. The van der Waals surface area contributed by atoms with Crippen molar-refractivity contribution in [2.75, 3.05) is 31.1 Å². The maximum absolute atomic E-state index is 11.1. The second-order valence-electron chi connectivity index (χ2n) is 5.94. The lowest BCUT2D eigenvalue weighted by Crippen LogP contribution is -2.51. The van der Waals surface area contributed by atoms with Crippen LogP contribution < -0.4 is 4.90 Å². The van der Waals surface area contributed by atoms with Gasteiger partial charge in [0.05, 0.1) is 11.1 Å². The van der Waals surface area contributed by atoms with E-state index < -0.39 is 0 Å². The molecule has 1 aliphatic heterocycles. The van der Waals surface area contributed by atoms with E-state index in [1.807, 2.05) is 0 Å². The Kier molecular flexibility index (Phi) is 4.34. The summed E-state index contributed by atoms with van der Waals surface area (Å²) in [7, 11) is 0. The molecular weight excluding hydrogens is 268 g/mol. The molecule has 0 spiro atoms. The predicted octanol–water partition coefficient (Wildman–Crippen LogP) is 2.44. The van der Waals surface area contributed by atoms with Crippen molar-refractivity contribution in [1.82, 2.24) is 9.88 Å². The minimum atomic E-state index is -0.315. The topological polar surface area (TPSA) is 62.5 Å². The monoisotopic (exact) mass is 290 g/mol. The Morgan fingerprint density at radius 3 is 2.52 bits per heavy atom. The van der Waals surface area contributed by atoms with Crippen molar-refractivity contribution in [3.05, 3.63) is 28.6 Å². The lowest BCUT2D eigenvalue weighted by molar-refractivity contribution is -0.384. The van der Waals surface area contributed by atoms with Crippen LogP contribution in [-0.4, -0.2) is 47.0 Å². The summed E-state index contributed by atoms with van der Waals surface area (Å²) < 4.78 is 0. The molecule has 0 unspecified atom stereocenters. The Hall–Kier alpha value is -1.69. The number of piperazine rings is 1. The van der Waals surface area contributed by atoms with Crippen LogP contribution in [0.25, 0.3) is 0 Å². The minimum Gasteiger partial charge on any atom is -0.362 e. The normalized spacial score (nSPS) is 21.4. The van der Waals surface area contributed by atoms with Crippen LogP contribution >= 0.6 is 0 Å². The van der Waals surface area contributed by atoms with Gasteiger partial charge in [0.1, 0.15) is 5.69 Å². The molecule has 6 heteroatoms. The van der Waals surface area contributed by atoms with E-state index in [1.165, 1.54) is 44.4 Å². The Bertz CT molecular complexity index is 494. The van der Waals surface area contributed by atoms with Crippen LogP contribution in [0.15, 0.2) is 18.5 Å². The zero-order chi connectivity index (χ0) is 14.7. The summed E-state index contributed by atoms with van der Waals surface area (Å²) >= 11 is 0. The van der Waals surface area contributed by atoms with Gasteiger partial charge in [0.25, 0.3) is 5.69 Å². The van der Waals surface area contributed by atoms with Crippen molar-refractivity contribution >= 4 is 11.4 Å². The van der Waals surface area contributed by atoms with Crippen LogP contribution in [0, 0.1) is 10.1 Å². The van der Waals surface area contributed by atoms with Crippen molar-refractivity contribution < 1.29 is 4.92 Å². The summed E-state index contributed by atoms with van der Waals surface area (Å²) in [6.45, 7) is 3.69. The van der Waals surface area contributed by atoms with Gasteiger partial charge in [0.15, 0.2) is 0 Å². The van der Waals surface area contributed by atoms with E-state index in [0.717, 1.165) is 32.2 Å². The summed E-state index contributed by atoms with van der Waals surface area (Å²) in [5.74, 6) is 0. The molecule has 0 aromatic carbocycles. The van der Waals surface area contributed by atoms with Crippen molar-refractivity contribution in [1.29, 1.82) is 0 Å². The number of hydrogen-bond donors (Lipinski definition) is 0. The summed E-state index contributed by atoms with van der Waals surface area (Å²) in [6.07, 6.45) is 9.80. The van der Waals surface area contributed by atoms with Gasteiger partial charge >= 0.3 is 0 Å². The number of hydrogen-bond acceptors (Lipinski definition) is 5. The van der Waals surface area contributed by atoms with Crippen LogP contribution in [0.3, 0.4) is 0 Å². The van der Waals surface area contributed by atoms with Gasteiger partial charge in [-0.2, -0.15) is 0 Å². The highest BCUT2D eigenvalue weighted by Gasteiger charge is 2.27. The number of nitrogens with zero attached hydrogens (tertiary/aromatic N) is 4. The van der Waals surface area contributed by atoms with E-state index in [0.29, 0.717) is 5.69 Å². The molecule has 114 valence electrons. The van der Waals surface area contributed by atoms with E-state index in [1.54, 1.807) is 6.20 Å². The molecule has 0 atom stereocenters.